The summed E-state index contributed by atoms with van der Waals surface area (Å²) in [5.74, 6) is 0.0833. The normalized spacial score (nSPS) is 11.2. The van der Waals surface area contributed by atoms with Crippen molar-refractivity contribution in [3.63, 3.8) is 0 Å². The molecule has 0 saturated carbocycles. The molecule has 3 aromatic rings. The van der Waals surface area contributed by atoms with Gasteiger partial charge in [0.25, 0.3) is 0 Å². The molecule has 10 nitrogen and oxygen atoms in total. The van der Waals surface area contributed by atoms with E-state index in [1.54, 1.807) is 30.3 Å². The fourth-order valence-corrected chi connectivity index (χ4v) is 5.40. The number of fused-ring (bicyclic) bond motifs is 1. The largest absolute Gasteiger partial charge is 0.395 e. The van der Waals surface area contributed by atoms with Crippen LogP contribution in [0.1, 0.15) is 38.5 Å². The SMILES string of the molecule is Cl.NCCCCCCCC(=O)Nc1nc2ccc(OS(=O)(=O)c3ccc(NCCNCCO)cc3)cc2s1. The first-order valence-electron chi connectivity index (χ1n) is 12.4. The minimum atomic E-state index is -4.02. The van der Waals surface area contributed by atoms with Crippen LogP contribution in [-0.4, -0.2) is 57.2 Å². The number of unbranched alkanes of at least 4 members (excludes halogenated alkanes) is 4. The number of hydrogen-bond acceptors (Lipinski definition) is 10. The first kappa shape index (κ1) is 31.7. The number of anilines is 2. The molecule has 0 unspecified atom stereocenters. The highest BCUT2D eigenvalue weighted by molar-refractivity contribution is 7.87. The van der Waals surface area contributed by atoms with Gasteiger partial charge in [-0.3, -0.25) is 4.79 Å². The number of nitrogens with zero attached hydrogens (tertiary/aromatic N) is 1. The summed E-state index contributed by atoms with van der Waals surface area (Å²) in [5.41, 5.74) is 6.91. The van der Waals surface area contributed by atoms with E-state index in [1.807, 2.05) is 0 Å². The summed E-state index contributed by atoms with van der Waals surface area (Å²) < 4.78 is 31.6. The minimum absolute atomic E-state index is 0. The van der Waals surface area contributed by atoms with E-state index in [-0.39, 0.29) is 35.6 Å². The van der Waals surface area contributed by atoms with Crippen LogP contribution >= 0.6 is 23.7 Å². The molecule has 0 radical (unpaired) electrons. The third-order valence-electron chi connectivity index (χ3n) is 5.48. The summed E-state index contributed by atoms with van der Waals surface area (Å²) >= 11 is 1.27. The van der Waals surface area contributed by atoms with E-state index >= 15 is 0 Å². The Morgan fingerprint density at radius 3 is 2.47 bits per heavy atom. The lowest BCUT2D eigenvalue weighted by molar-refractivity contribution is -0.116. The van der Waals surface area contributed by atoms with Gasteiger partial charge in [0.15, 0.2) is 5.13 Å². The molecule has 0 spiro atoms. The number of benzene rings is 2. The zero-order valence-corrected chi connectivity index (χ0v) is 23.6. The number of amides is 1. The van der Waals surface area contributed by atoms with Gasteiger partial charge in [0.1, 0.15) is 10.6 Å². The maximum Gasteiger partial charge on any atom is 0.339 e. The van der Waals surface area contributed by atoms with Crippen molar-refractivity contribution in [3.05, 3.63) is 42.5 Å². The fraction of sp³-hybridized carbons (Fsp3) is 0.440. The number of aliphatic hydroxyl groups excluding tert-OH is 1. The van der Waals surface area contributed by atoms with Crippen molar-refractivity contribution in [2.45, 2.75) is 43.4 Å². The molecule has 0 fully saturated rings. The van der Waals surface area contributed by atoms with Crippen molar-refractivity contribution < 1.29 is 22.5 Å². The number of thiazole rings is 1. The lowest BCUT2D eigenvalue weighted by atomic mass is 10.1. The lowest BCUT2D eigenvalue weighted by Gasteiger charge is -2.09. The van der Waals surface area contributed by atoms with Crippen LogP contribution in [0.3, 0.4) is 0 Å². The molecule has 0 aliphatic carbocycles. The Kier molecular flexibility index (Phi) is 13.8. The predicted molar refractivity (Wildman–Crippen MR) is 155 cm³/mol. The lowest BCUT2D eigenvalue weighted by Crippen LogP contribution is -2.24. The van der Waals surface area contributed by atoms with Crippen LogP contribution in [0.15, 0.2) is 47.4 Å². The van der Waals surface area contributed by atoms with Crippen LogP contribution in [0.5, 0.6) is 5.75 Å². The van der Waals surface area contributed by atoms with E-state index in [1.165, 1.54) is 23.5 Å². The van der Waals surface area contributed by atoms with Crippen LogP contribution in [0.4, 0.5) is 10.8 Å². The van der Waals surface area contributed by atoms with Gasteiger partial charge in [0, 0.05) is 37.8 Å². The van der Waals surface area contributed by atoms with E-state index in [0.717, 1.165) is 37.8 Å². The number of nitrogens with two attached hydrogens (primary N) is 1. The smallest absolute Gasteiger partial charge is 0.339 e. The first-order valence-corrected chi connectivity index (χ1v) is 14.6. The van der Waals surface area contributed by atoms with E-state index < -0.39 is 10.1 Å². The van der Waals surface area contributed by atoms with Crippen LogP contribution < -0.4 is 25.9 Å². The molecule has 6 N–H and O–H groups in total. The minimum Gasteiger partial charge on any atom is -0.395 e. The Bertz CT molecular complexity index is 1240. The van der Waals surface area contributed by atoms with Crippen LogP contribution in [0, 0.1) is 0 Å². The molecule has 1 amide bonds. The molecule has 0 aliphatic heterocycles. The molecule has 0 aliphatic rings. The van der Waals surface area contributed by atoms with E-state index in [2.05, 4.69) is 20.9 Å². The van der Waals surface area contributed by atoms with Gasteiger partial charge in [-0.15, -0.1) is 12.4 Å². The summed E-state index contributed by atoms with van der Waals surface area (Å²) in [6, 6.07) is 11.1. The first-order chi connectivity index (χ1) is 17.9. The zero-order chi connectivity index (χ0) is 26.5. The second-order valence-electron chi connectivity index (χ2n) is 8.47. The molecular weight excluding hydrogens is 550 g/mol. The third kappa shape index (κ3) is 10.4. The number of carbonyl (C=O) groups is 1. The van der Waals surface area contributed by atoms with Crippen molar-refractivity contribution in [3.8, 4) is 5.75 Å². The molecule has 2 aromatic carbocycles. The Hall–Kier alpha value is -2.48. The van der Waals surface area contributed by atoms with Gasteiger partial charge in [-0.25, -0.2) is 4.98 Å². The molecule has 210 valence electrons. The number of rotatable bonds is 17. The average Bonchev–Trinajstić information content (AvgIpc) is 3.27. The summed E-state index contributed by atoms with van der Waals surface area (Å²) in [5, 5.41) is 18.3. The topological polar surface area (TPSA) is 156 Å². The molecule has 38 heavy (non-hydrogen) atoms. The summed E-state index contributed by atoms with van der Waals surface area (Å²) in [4.78, 5) is 16.7. The molecule has 13 heteroatoms. The maximum atomic E-state index is 12.8. The van der Waals surface area contributed by atoms with Crippen LogP contribution in [0.2, 0.25) is 0 Å². The average molecular weight is 586 g/mol. The molecule has 0 atom stereocenters. The van der Waals surface area contributed by atoms with Crippen LogP contribution in [-0.2, 0) is 14.9 Å². The number of aliphatic hydroxyl groups is 1. The van der Waals surface area contributed by atoms with Crippen molar-refractivity contribution in [1.82, 2.24) is 10.3 Å². The molecule has 0 bridgehead atoms. The van der Waals surface area contributed by atoms with Crippen molar-refractivity contribution in [2.24, 2.45) is 5.73 Å². The van der Waals surface area contributed by atoms with E-state index in [4.69, 9.17) is 15.0 Å². The van der Waals surface area contributed by atoms with Gasteiger partial charge in [-0.2, -0.15) is 8.42 Å². The van der Waals surface area contributed by atoms with Crippen molar-refractivity contribution in [2.75, 3.05) is 43.4 Å². The van der Waals surface area contributed by atoms with Gasteiger partial charge in [0.05, 0.1) is 16.8 Å². The van der Waals surface area contributed by atoms with Gasteiger partial charge in [-0.1, -0.05) is 30.6 Å². The number of carbonyl (C=O) groups excluding carboxylic acids is 1. The summed E-state index contributed by atoms with van der Waals surface area (Å²) in [6.07, 6.45) is 5.41. The highest BCUT2D eigenvalue weighted by Gasteiger charge is 2.18. The number of nitrogens with one attached hydrogen (secondary N) is 3. The van der Waals surface area contributed by atoms with E-state index in [0.29, 0.717) is 47.9 Å². The second kappa shape index (κ2) is 16.5. The Balaban J connectivity index is 0.00000507. The quantitative estimate of drug-likeness (QED) is 0.118. The highest BCUT2D eigenvalue weighted by atomic mass is 35.5. The third-order valence-corrected chi connectivity index (χ3v) is 7.68. The summed E-state index contributed by atoms with van der Waals surface area (Å²) in [7, 11) is -4.02. The maximum absolute atomic E-state index is 12.8. The Morgan fingerprint density at radius 2 is 1.74 bits per heavy atom. The van der Waals surface area contributed by atoms with Gasteiger partial charge >= 0.3 is 10.1 Å². The van der Waals surface area contributed by atoms with Gasteiger partial charge in [0.2, 0.25) is 5.91 Å². The zero-order valence-electron chi connectivity index (χ0n) is 21.1. The Morgan fingerprint density at radius 1 is 1.00 bits per heavy atom. The van der Waals surface area contributed by atoms with E-state index in [9.17, 15) is 13.2 Å². The Labute approximate surface area is 233 Å². The van der Waals surface area contributed by atoms with Gasteiger partial charge < -0.3 is 31.0 Å². The van der Waals surface area contributed by atoms with Gasteiger partial charge in [-0.05, 0) is 55.8 Å². The second-order valence-corrected chi connectivity index (χ2v) is 11.0. The molecule has 3 rings (SSSR count). The summed E-state index contributed by atoms with van der Waals surface area (Å²) in [6.45, 7) is 2.61. The monoisotopic (exact) mass is 585 g/mol. The molecular formula is C25H36ClN5O5S2. The number of hydrogen-bond donors (Lipinski definition) is 5. The number of halogens is 1. The molecule has 0 saturated heterocycles. The number of aromatic nitrogens is 1. The van der Waals surface area contributed by atoms with Crippen LogP contribution in [0.25, 0.3) is 10.2 Å². The van der Waals surface area contributed by atoms with Crippen molar-refractivity contribution in [1.29, 1.82) is 0 Å². The van der Waals surface area contributed by atoms with Crippen molar-refractivity contribution >= 4 is 60.8 Å². The highest BCUT2D eigenvalue weighted by Crippen LogP contribution is 2.31. The fourth-order valence-electron chi connectivity index (χ4n) is 3.57. The molecule has 1 aromatic heterocycles. The predicted octanol–water partition coefficient (Wildman–Crippen LogP) is 3.72. The standard InChI is InChI=1S/C25H35N5O5S2.ClH/c26-13-5-3-1-2-4-6-24(32)30-25-29-22-12-9-20(18-23(22)36-25)35-37(33,34)21-10-7-19(8-11-21)28-15-14-27-16-17-31;/h7-12,18,27-28,31H,1-6,13-17,26H2,(H,29,30,32);1H. The molecule has 1 heterocycles.